The minimum atomic E-state index is -0.367. The van der Waals surface area contributed by atoms with E-state index in [9.17, 15) is 4.79 Å². The summed E-state index contributed by atoms with van der Waals surface area (Å²) < 4.78 is 16.7. The highest BCUT2D eigenvalue weighted by Crippen LogP contribution is 2.37. The molecule has 1 amide bonds. The molecule has 0 saturated carbocycles. The summed E-state index contributed by atoms with van der Waals surface area (Å²) in [7, 11) is 0. The Morgan fingerprint density at radius 3 is 2.84 bits per heavy atom. The molecule has 2 heterocycles. The van der Waals surface area contributed by atoms with Gasteiger partial charge in [0, 0.05) is 17.9 Å². The van der Waals surface area contributed by atoms with Crippen molar-refractivity contribution in [1.29, 1.82) is 0 Å². The van der Waals surface area contributed by atoms with Crippen LogP contribution in [0.4, 0.5) is 5.69 Å². The lowest BCUT2D eigenvalue weighted by Crippen LogP contribution is -2.39. The van der Waals surface area contributed by atoms with Crippen molar-refractivity contribution in [3.8, 4) is 11.5 Å². The van der Waals surface area contributed by atoms with Crippen LogP contribution in [0.1, 0.15) is 24.0 Å². The van der Waals surface area contributed by atoms with Crippen LogP contribution in [0, 0.1) is 6.92 Å². The number of carbonyl (C=O) groups is 1. The molecule has 0 spiro atoms. The molecule has 4 rings (SSSR count). The summed E-state index contributed by atoms with van der Waals surface area (Å²) in [5.41, 5.74) is 2.89. The Labute approximate surface area is 147 Å². The van der Waals surface area contributed by atoms with Crippen molar-refractivity contribution in [1.82, 2.24) is 0 Å². The first-order valence-corrected chi connectivity index (χ1v) is 8.60. The zero-order valence-corrected chi connectivity index (χ0v) is 14.2. The molecule has 0 aliphatic carbocycles. The molecule has 25 heavy (non-hydrogen) atoms. The second-order valence-corrected chi connectivity index (χ2v) is 6.36. The van der Waals surface area contributed by atoms with E-state index in [1.807, 2.05) is 54.3 Å². The number of rotatable bonds is 4. The normalized spacial score (nSPS) is 18.4. The second-order valence-electron chi connectivity index (χ2n) is 6.36. The molecule has 0 aromatic heterocycles. The third-order valence-electron chi connectivity index (χ3n) is 4.68. The largest absolute Gasteiger partial charge is 0.454 e. The molecule has 0 N–H and O–H groups in total. The molecule has 5 heteroatoms. The van der Waals surface area contributed by atoms with Crippen LogP contribution < -0.4 is 14.4 Å². The lowest BCUT2D eigenvalue weighted by molar-refractivity contribution is -0.127. The molecule has 2 aromatic carbocycles. The van der Waals surface area contributed by atoms with Gasteiger partial charge in [-0.15, -0.1) is 0 Å². The molecule has 1 saturated heterocycles. The van der Waals surface area contributed by atoms with Crippen molar-refractivity contribution >= 4 is 11.6 Å². The number of nitrogens with zero attached hydrogens (tertiary/aromatic N) is 1. The van der Waals surface area contributed by atoms with Crippen molar-refractivity contribution in [2.45, 2.75) is 32.4 Å². The Bertz CT molecular complexity index is 783. The fourth-order valence-electron chi connectivity index (χ4n) is 3.38. The summed E-state index contributed by atoms with van der Waals surface area (Å²) in [4.78, 5) is 14.9. The predicted molar refractivity (Wildman–Crippen MR) is 93.9 cm³/mol. The molecule has 0 unspecified atom stereocenters. The fraction of sp³-hybridized carbons (Fsp3) is 0.350. The summed E-state index contributed by atoms with van der Waals surface area (Å²) in [6.45, 7) is 3.31. The number of anilines is 1. The molecule has 1 fully saturated rings. The minimum absolute atomic E-state index is 0.00307. The molecule has 0 radical (unpaired) electrons. The number of hydrogen-bond acceptors (Lipinski definition) is 4. The van der Waals surface area contributed by atoms with Gasteiger partial charge in [-0.1, -0.05) is 30.3 Å². The standard InChI is InChI=1S/C20H21NO4/c1-14-6-2-3-8-16(14)21(20(22)18-10-5-11-23-18)12-15-7-4-9-17-19(15)25-13-24-17/h2-4,6-9,18H,5,10-13H2,1H3/t18-/m1/s1. The molecule has 1 atom stereocenters. The molecule has 2 aliphatic rings. The second kappa shape index (κ2) is 6.76. The van der Waals surface area contributed by atoms with E-state index < -0.39 is 0 Å². The van der Waals surface area contributed by atoms with Crippen molar-refractivity contribution in [2.75, 3.05) is 18.3 Å². The van der Waals surface area contributed by atoms with E-state index in [-0.39, 0.29) is 18.8 Å². The van der Waals surface area contributed by atoms with Gasteiger partial charge in [0.2, 0.25) is 6.79 Å². The van der Waals surface area contributed by atoms with Gasteiger partial charge in [-0.05, 0) is 37.5 Å². The monoisotopic (exact) mass is 339 g/mol. The van der Waals surface area contributed by atoms with Gasteiger partial charge >= 0.3 is 0 Å². The van der Waals surface area contributed by atoms with Crippen LogP contribution in [0.25, 0.3) is 0 Å². The quantitative estimate of drug-likeness (QED) is 0.856. The number of hydrogen-bond donors (Lipinski definition) is 0. The van der Waals surface area contributed by atoms with Crippen LogP contribution >= 0.6 is 0 Å². The molecule has 2 aromatic rings. The zero-order chi connectivity index (χ0) is 17.2. The lowest BCUT2D eigenvalue weighted by Gasteiger charge is -2.27. The Kier molecular flexibility index (Phi) is 4.32. The van der Waals surface area contributed by atoms with Crippen LogP contribution in [0.3, 0.4) is 0 Å². The highest BCUT2D eigenvalue weighted by Gasteiger charge is 2.31. The molecular formula is C20H21NO4. The van der Waals surface area contributed by atoms with Crippen LogP contribution in [-0.2, 0) is 16.1 Å². The first-order chi connectivity index (χ1) is 12.2. The van der Waals surface area contributed by atoms with Crippen LogP contribution in [0.2, 0.25) is 0 Å². The SMILES string of the molecule is Cc1ccccc1N(Cc1cccc2c1OCO2)C(=O)[C@H]1CCCO1. The van der Waals surface area contributed by atoms with Gasteiger partial charge in [-0.25, -0.2) is 0 Å². The van der Waals surface area contributed by atoms with Crippen LogP contribution in [-0.4, -0.2) is 25.4 Å². The van der Waals surface area contributed by atoms with Crippen molar-refractivity contribution < 1.29 is 19.0 Å². The average molecular weight is 339 g/mol. The number of fused-ring (bicyclic) bond motifs is 1. The van der Waals surface area contributed by atoms with Gasteiger partial charge < -0.3 is 19.1 Å². The number of aryl methyl sites for hydroxylation is 1. The van der Waals surface area contributed by atoms with Gasteiger partial charge in [0.25, 0.3) is 5.91 Å². The number of benzene rings is 2. The number of carbonyl (C=O) groups excluding carboxylic acids is 1. The summed E-state index contributed by atoms with van der Waals surface area (Å²) in [5, 5.41) is 0. The fourth-order valence-corrected chi connectivity index (χ4v) is 3.38. The van der Waals surface area contributed by atoms with E-state index in [2.05, 4.69) is 0 Å². The van der Waals surface area contributed by atoms with Crippen LogP contribution in [0.15, 0.2) is 42.5 Å². The maximum atomic E-state index is 13.1. The maximum absolute atomic E-state index is 13.1. The Balaban J connectivity index is 1.69. The molecular weight excluding hydrogens is 318 g/mol. The number of ether oxygens (including phenoxy) is 3. The van der Waals surface area contributed by atoms with E-state index in [1.54, 1.807) is 0 Å². The van der Waals surface area contributed by atoms with Crippen molar-refractivity contribution in [3.63, 3.8) is 0 Å². The molecule has 5 nitrogen and oxygen atoms in total. The highest BCUT2D eigenvalue weighted by atomic mass is 16.7. The van der Waals surface area contributed by atoms with Crippen molar-refractivity contribution in [2.24, 2.45) is 0 Å². The number of para-hydroxylation sites is 2. The van der Waals surface area contributed by atoms with Crippen LogP contribution in [0.5, 0.6) is 11.5 Å². The Morgan fingerprint density at radius 1 is 1.16 bits per heavy atom. The van der Waals surface area contributed by atoms with E-state index >= 15 is 0 Å². The third kappa shape index (κ3) is 3.07. The topological polar surface area (TPSA) is 48.0 Å². The zero-order valence-electron chi connectivity index (χ0n) is 14.2. The highest BCUT2D eigenvalue weighted by molar-refractivity contribution is 5.97. The lowest BCUT2D eigenvalue weighted by atomic mass is 10.1. The van der Waals surface area contributed by atoms with Gasteiger partial charge in [0.1, 0.15) is 6.10 Å². The first kappa shape index (κ1) is 16.0. The van der Waals surface area contributed by atoms with Gasteiger partial charge in [0.05, 0.1) is 6.54 Å². The van der Waals surface area contributed by atoms with E-state index in [0.29, 0.717) is 13.2 Å². The molecule has 130 valence electrons. The Morgan fingerprint density at radius 2 is 2.04 bits per heavy atom. The number of amides is 1. The van der Waals surface area contributed by atoms with Gasteiger partial charge in [0.15, 0.2) is 11.5 Å². The minimum Gasteiger partial charge on any atom is -0.454 e. The van der Waals surface area contributed by atoms with Gasteiger partial charge in [-0.3, -0.25) is 4.79 Å². The first-order valence-electron chi connectivity index (χ1n) is 8.60. The van der Waals surface area contributed by atoms with Gasteiger partial charge in [-0.2, -0.15) is 0 Å². The van der Waals surface area contributed by atoms with Crippen molar-refractivity contribution in [3.05, 3.63) is 53.6 Å². The molecule has 2 aliphatic heterocycles. The summed E-state index contributed by atoms with van der Waals surface area (Å²) >= 11 is 0. The third-order valence-corrected chi connectivity index (χ3v) is 4.68. The predicted octanol–water partition coefficient (Wildman–Crippen LogP) is 3.44. The smallest absolute Gasteiger partial charge is 0.256 e. The Hall–Kier alpha value is -2.53. The maximum Gasteiger partial charge on any atom is 0.256 e. The summed E-state index contributed by atoms with van der Waals surface area (Å²) in [6.07, 6.45) is 1.33. The summed E-state index contributed by atoms with van der Waals surface area (Å²) in [6, 6.07) is 13.7. The molecule has 0 bridgehead atoms. The van der Waals surface area contributed by atoms with E-state index in [1.165, 1.54) is 0 Å². The van der Waals surface area contributed by atoms with E-state index in [0.717, 1.165) is 41.2 Å². The van der Waals surface area contributed by atoms with E-state index in [4.69, 9.17) is 14.2 Å². The average Bonchev–Trinajstić information content (AvgIpc) is 3.31. The summed E-state index contributed by atoms with van der Waals surface area (Å²) in [5.74, 6) is 1.45.